The normalized spacial score (nSPS) is 18.1. The van der Waals surface area contributed by atoms with E-state index in [0.717, 1.165) is 36.9 Å². The summed E-state index contributed by atoms with van der Waals surface area (Å²) in [4.78, 5) is 20.8. The van der Waals surface area contributed by atoms with Gasteiger partial charge in [-0.1, -0.05) is 11.8 Å². The lowest BCUT2D eigenvalue weighted by Crippen LogP contribution is -2.29. The van der Waals surface area contributed by atoms with E-state index in [-0.39, 0.29) is 5.56 Å². The number of hydrogen-bond acceptors (Lipinski definition) is 7. The molecule has 1 fully saturated rings. The molecule has 4 heterocycles. The van der Waals surface area contributed by atoms with E-state index in [2.05, 4.69) is 30.6 Å². The smallest absolute Gasteiger partial charge is 0.274 e. The van der Waals surface area contributed by atoms with Gasteiger partial charge in [0.05, 0.1) is 5.69 Å². The first-order valence-electron chi connectivity index (χ1n) is 8.30. The van der Waals surface area contributed by atoms with Crippen LogP contribution in [0.5, 0.6) is 0 Å². The van der Waals surface area contributed by atoms with Crippen molar-refractivity contribution in [1.29, 1.82) is 0 Å². The Bertz CT molecular complexity index is 952. The third-order valence-corrected chi connectivity index (χ3v) is 5.43. The molecule has 0 aromatic carbocycles. The Kier molecular flexibility index (Phi) is 4.30. The Labute approximate surface area is 148 Å². The quantitative estimate of drug-likeness (QED) is 0.657. The molecule has 0 radical (unpaired) electrons. The van der Waals surface area contributed by atoms with Crippen LogP contribution in [0.15, 0.2) is 16.0 Å². The van der Waals surface area contributed by atoms with Crippen molar-refractivity contribution in [3.8, 4) is 0 Å². The molecule has 0 saturated carbocycles. The number of H-pyrrole nitrogens is 1. The summed E-state index contributed by atoms with van der Waals surface area (Å²) < 4.78 is 3.40. The number of aromatic nitrogens is 7. The molecule has 9 nitrogen and oxygen atoms in total. The summed E-state index contributed by atoms with van der Waals surface area (Å²) in [6.45, 7) is 3.82. The summed E-state index contributed by atoms with van der Waals surface area (Å²) in [5, 5.41) is 15.8. The zero-order chi connectivity index (χ0) is 17.4. The maximum Gasteiger partial charge on any atom is 0.274 e. The molecule has 0 aliphatic carbocycles. The first-order valence-corrected chi connectivity index (χ1v) is 9.28. The molecule has 10 heteroatoms. The van der Waals surface area contributed by atoms with Gasteiger partial charge in [0.2, 0.25) is 0 Å². The van der Waals surface area contributed by atoms with Gasteiger partial charge in [-0.25, -0.2) is 4.98 Å². The van der Waals surface area contributed by atoms with Crippen LogP contribution in [0.4, 0.5) is 0 Å². The third kappa shape index (κ3) is 3.19. The van der Waals surface area contributed by atoms with E-state index in [9.17, 15) is 4.79 Å². The molecular weight excluding hydrogens is 340 g/mol. The minimum absolute atomic E-state index is 0.159. The van der Waals surface area contributed by atoms with Crippen molar-refractivity contribution >= 4 is 17.5 Å². The molecule has 0 unspecified atom stereocenters. The molecule has 132 valence electrons. The van der Waals surface area contributed by atoms with Crippen LogP contribution in [0.25, 0.3) is 5.78 Å². The number of piperidine rings is 1. The number of fused-ring (bicyclic) bond motifs is 1. The zero-order valence-electron chi connectivity index (χ0n) is 14.2. The molecule has 1 atom stereocenters. The second-order valence-electron chi connectivity index (χ2n) is 6.26. The minimum Gasteiger partial charge on any atom is -0.316 e. The second-order valence-corrected chi connectivity index (χ2v) is 7.20. The molecule has 1 aliphatic rings. The predicted molar refractivity (Wildman–Crippen MR) is 93.8 cm³/mol. The van der Waals surface area contributed by atoms with Crippen LogP contribution in [0.2, 0.25) is 0 Å². The fraction of sp³-hybridized carbons (Fsp3) is 0.533. The Balaban J connectivity index is 1.51. The monoisotopic (exact) mass is 360 g/mol. The Morgan fingerprint density at radius 3 is 3.04 bits per heavy atom. The van der Waals surface area contributed by atoms with E-state index in [1.165, 1.54) is 22.3 Å². The summed E-state index contributed by atoms with van der Waals surface area (Å²) >= 11 is 1.53. The zero-order valence-corrected chi connectivity index (χ0v) is 15.0. The highest BCUT2D eigenvalue weighted by atomic mass is 32.2. The van der Waals surface area contributed by atoms with Crippen molar-refractivity contribution in [2.24, 2.45) is 7.05 Å². The maximum absolute atomic E-state index is 12.1. The second kappa shape index (κ2) is 6.60. The van der Waals surface area contributed by atoms with Crippen LogP contribution in [0.1, 0.15) is 36.1 Å². The fourth-order valence-corrected chi connectivity index (χ4v) is 3.94. The van der Waals surface area contributed by atoms with Crippen molar-refractivity contribution in [2.75, 3.05) is 13.1 Å². The SMILES string of the molecule is Cc1nc2nc(CSc3nnc([C@H]4CCCNC4)n3C)cc(=O)n2[nH]1. The van der Waals surface area contributed by atoms with Crippen molar-refractivity contribution < 1.29 is 0 Å². The maximum atomic E-state index is 12.1. The summed E-state index contributed by atoms with van der Waals surface area (Å²) in [5.41, 5.74) is 0.526. The molecule has 25 heavy (non-hydrogen) atoms. The molecule has 3 aromatic rings. The van der Waals surface area contributed by atoms with Crippen molar-refractivity contribution in [3.05, 3.63) is 33.8 Å². The highest BCUT2D eigenvalue weighted by Crippen LogP contribution is 2.26. The number of hydrogen-bond donors (Lipinski definition) is 2. The average molecular weight is 360 g/mol. The number of aromatic amines is 1. The number of rotatable bonds is 4. The van der Waals surface area contributed by atoms with Crippen LogP contribution in [-0.4, -0.2) is 47.4 Å². The van der Waals surface area contributed by atoms with Crippen LogP contribution in [0.3, 0.4) is 0 Å². The van der Waals surface area contributed by atoms with E-state index in [4.69, 9.17) is 0 Å². The molecule has 0 bridgehead atoms. The van der Waals surface area contributed by atoms with Crippen LogP contribution < -0.4 is 10.9 Å². The van der Waals surface area contributed by atoms with Gasteiger partial charge in [-0.05, 0) is 26.3 Å². The van der Waals surface area contributed by atoms with E-state index >= 15 is 0 Å². The molecule has 2 N–H and O–H groups in total. The molecular formula is C15H20N8OS. The third-order valence-electron chi connectivity index (χ3n) is 4.38. The lowest BCUT2D eigenvalue weighted by atomic mass is 9.99. The summed E-state index contributed by atoms with van der Waals surface area (Å²) in [6.07, 6.45) is 2.30. The topological polar surface area (TPSA) is 106 Å². The van der Waals surface area contributed by atoms with Gasteiger partial charge in [-0.3, -0.25) is 9.89 Å². The highest BCUT2D eigenvalue weighted by molar-refractivity contribution is 7.98. The molecule has 0 spiro atoms. The van der Waals surface area contributed by atoms with Gasteiger partial charge < -0.3 is 9.88 Å². The van der Waals surface area contributed by atoms with Crippen LogP contribution >= 0.6 is 11.8 Å². The van der Waals surface area contributed by atoms with Gasteiger partial charge in [0.1, 0.15) is 11.6 Å². The van der Waals surface area contributed by atoms with Gasteiger partial charge in [-0.15, -0.1) is 10.2 Å². The number of nitrogens with one attached hydrogen (secondary N) is 2. The van der Waals surface area contributed by atoms with E-state index < -0.39 is 0 Å². The summed E-state index contributed by atoms with van der Waals surface area (Å²) in [7, 11) is 1.99. The van der Waals surface area contributed by atoms with E-state index in [1.807, 2.05) is 11.6 Å². The van der Waals surface area contributed by atoms with Crippen molar-refractivity contribution in [3.63, 3.8) is 0 Å². The van der Waals surface area contributed by atoms with Gasteiger partial charge in [-0.2, -0.15) is 9.50 Å². The van der Waals surface area contributed by atoms with Crippen molar-refractivity contribution in [2.45, 2.75) is 36.6 Å². The standard InChI is InChI=1S/C15H20N8OS/c1-9-17-14-18-11(6-12(24)23(14)21-9)8-25-15-20-19-13(22(15)2)10-4-3-5-16-7-10/h6,10,16H,3-5,7-8H2,1-2H3,(H,17,18,21)/t10-/m0/s1. The lowest BCUT2D eigenvalue weighted by Gasteiger charge is -2.21. The molecule has 4 rings (SSSR count). The fourth-order valence-electron chi connectivity index (χ4n) is 3.13. The lowest BCUT2D eigenvalue weighted by molar-refractivity contribution is 0.436. The Hall–Kier alpha value is -2.20. The van der Waals surface area contributed by atoms with Gasteiger partial charge in [0, 0.05) is 31.3 Å². The number of aryl methyl sites for hydroxylation is 1. The Morgan fingerprint density at radius 2 is 2.24 bits per heavy atom. The average Bonchev–Trinajstić information content (AvgIpc) is 3.16. The van der Waals surface area contributed by atoms with Gasteiger partial charge in [0.15, 0.2) is 5.16 Å². The van der Waals surface area contributed by atoms with Crippen LogP contribution in [-0.2, 0) is 12.8 Å². The largest absolute Gasteiger partial charge is 0.316 e. The molecule has 1 aliphatic heterocycles. The van der Waals surface area contributed by atoms with E-state index in [0.29, 0.717) is 29.0 Å². The molecule has 3 aromatic heterocycles. The minimum atomic E-state index is -0.159. The predicted octanol–water partition coefficient (Wildman–Crippen LogP) is 0.614. The van der Waals surface area contributed by atoms with E-state index in [1.54, 1.807) is 6.92 Å². The number of nitrogens with zero attached hydrogens (tertiary/aromatic N) is 6. The summed E-state index contributed by atoms with van der Waals surface area (Å²) in [6, 6.07) is 1.53. The highest BCUT2D eigenvalue weighted by Gasteiger charge is 2.21. The molecule has 1 saturated heterocycles. The van der Waals surface area contributed by atoms with Gasteiger partial charge in [0.25, 0.3) is 11.3 Å². The van der Waals surface area contributed by atoms with Crippen LogP contribution in [0, 0.1) is 6.92 Å². The molecule has 0 amide bonds. The summed E-state index contributed by atoms with van der Waals surface area (Å²) in [5.74, 6) is 3.03. The van der Waals surface area contributed by atoms with Crippen molar-refractivity contribution in [1.82, 2.24) is 39.7 Å². The first kappa shape index (κ1) is 16.3. The van der Waals surface area contributed by atoms with Gasteiger partial charge >= 0.3 is 0 Å². The Morgan fingerprint density at radius 1 is 1.36 bits per heavy atom. The first-order chi connectivity index (χ1) is 12.1. The number of thioether (sulfide) groups is 1.